The van der Waals surface area contributed by atoms with Gasteiger partial charge in [-0.05, 0) is 56.9 Å². The molecule has 0 saturated carbocycles. The van der Waals surface area contributed by atoms with Crippen molar-refractivity contribution in [2.45, 2.75) is 66.1 Å². The normalized spacial score (nSPS) is 13.1. The van der Waals surface area contributed by atoms with Crippen molar-refractivity contribution < 1.29 is 18.0 Å². The Balaban J connectivity index is 2.49. The average molecular weight is 522 g/mol. The first-order chi connectivity index (χ1) is 16.4. The summed E-state index contributed by atoms with van der Waals surface area (Å²) >= 11 is 6.37. The third-order valence-corrected chi connectivity index (χ3v) is 7.48. The van der Waals surface area contributed by atoms with Crippen LogP contribution in [0.5, 0.6) is 0 Å². The number of hydrogen-bond donors (Lipinski definition) is 1. The average Bonchev–Trinajstić information content (AvgIpc) is 2.78. The van der Waals surface area contributed by atoms with Gasteiger partial charge in [0.05, 0.1) is 11.9 Å². The monoisotopic (exact) mass is 521 g/mol. The second-order valence-corrected chi connectivity index (χ2v) is 11.2. The molecule has 7 nitrogen and oxygen atoms in total. The van der Waals surface area contributed by atoms with E-state index < -0.39 is 28.5 Å². The maximum Gasteiger partial charge on any atom is 0.244 e. The highest BCUT2D eigenvalue weighted by molar-refractivity contribution is 7.92. The van der Waals surface area contributed by atoms with Gasteiger partial charge in [0.1, 0.15) is 12.6 Å². The summed E-state index contributed by atoms with van der Waals surface area (Å²) in [6, 6.07) is 11.6. The Kier molecular flexibility index (Phi) is 10.2. The third-order valence-electron chi connectivity index (χ3n) is 5.99. The molecule has 2 rings (SSSR count). The van der Waals surface area contributed by atoms with Gasteiger partial charge in [0.25, 0.3) is 0 Å². The van der Waals surface area contributed by atoms with Crippen LogP contribution in [0.15, 0.2) is 42.5 Å². The topological polar surface area (TPSA) is 86.8 Å². The van der Waals surface area contributed by atoms with Crippen LogP contribution in [0.25, 0.3) is 0 Å². The van der Waals surface area contributed by atoms with Crippen LogP contribution in [0, 0.1) is 13.8 Å². The molecule has 0 fully saturated rings. The van der Waals surface area contributed by atoms with Gasteiger partial charge < -0.3 is 10.2 Å². The molecule has 0 aliphatic carbocycles. The van der Waals surface area contributed by atoms with Gasteiger partial charge in [-0.1, -0.05) is 61.3 Å². The number of benzene rings is 2. The molecule has 0 aliphatic heterocycles. The van der Waals surface area contributed by atoms with Crippen molar-refractivity contribution in [1.82, 2.24) is 10.2 Å². The molecule has 2 amide bonds. The summed E-state index contributed by atoms with van der Waals surface area (Å²) in [6.07, 6.45) is 2.18. The Bertz CT molecular complexity index is 1150. The van der Waals surface area contributed by atoms with Gasteiger partial charge in [-0.2, -0.15) is 0 Å². The minimum Gasteiger partial charge on any atom is -0.352 e. The number of halogens is 1. The van der Waals surface area contributed by atoms with E-state index in [1.54, 1.807) is 37.3 Å². The molecule has 0 spiro atoms. The molecular weight excluding hydrogens is 486 g/mol. The lowest BCUT2D eigenvalue weighted by Crippen LogP contribution is -2.53. The number of sulfonamides is 1. The van der Waals surface area contributed by atoms with E-state index in [1.807, 2.05) is 39.8 Å². The second kappa shape index (κ2) is 12.4. The van der Waals surface area contributed by atoms with E-state index >= 15 is 0 Å². The molecule has 1 N–H and O–H groups in total. The highest BCUT2D eigenvalue weighted by atomic mass is 35.5. The van der Waals surface area contributed by atoms with Crippen molar-refractivity contribution >= 4 is 39.1 Å². The highest BCUT2D eigenvalue weighted by Crippen LogP contribution is 2.25. The molecule has 0 aliphatic rings. The first-order valence-corrected chi connectivity index (χ1v) is 14.0. The molecule has 0 aromatic heterocycles. The van der Waals surface area contributed by atoms with Crippen LogP contribution in [0.4, 0.5) is 5.69 Å². The van der Waals surface area contributed by atoms with E-state index in [-0.39, 0.29) is 18.5 Å². The zero-order chi connectivity index (χ0) is 26.3. The van der Waals surface area contributed by atoms with Crippen molar-refractivity contribution in [1.29, 1.82) is 0 Å². The number of carbonyl (C=O) groups excluding carboxylic acids is 2. The van der Waals surface area contributed by atoms with Crippen molar-refractivity contribution in [2.75, 3.05) is 17.1 Å². The summed E-state index contributed by atoms with van der Waals surface area (Å²) < 4.78 is 26.6. The molecule has 0 saturated heterocycles. The predicted octanol–water partition coefficient (Wildman–Crippen LogP) is 4.44. The van der Waals surface area contributed by atoms with E-state index in [0.717, 1.165) is 28.1 Å². The van der Waals surface area contributed by atoms with Crippen LogP contribution in [-0.2, 0) is 26.2 Å². The summed E-state index contributed by atoms with van der Waals surface area (Å²) in [5, 5.41) is 3.42. The van der Waals surface area contributed by atoms with Crippen LogP contribution < -0.4 is 9.62 Å². The Hall–Kier alpha value is -2.58. The smallest absolute Gasteiger partial charge is 0.244 e. The fourth-order valence-electron chi connectivity index (χ4n) is 3.85. The van der Waals surface area contributed by atoms with Crippen LogP contribution in [0.2, 0.25) is 5.02 Å². The lowest BCUT2D eigenvalue weighted by molar-refractivity contribution is -0.140. The van der Waals surface area contributed by atoms with E-state index in [1.165, 1.54) is 4.90 Å². The largest absolute Gasteiger partial charge is 0.352 e. The van der Waals surface area contributed by atoms with Crippen LogP contribution >= 0.6 is 11.6 Å². The van der Waals surface area contributed by atoms with Crippen molar-refractivity contribution in [3.63, 3.8) is 0 Å². The Morgan fingerprint density at radius 2 is 1.71 bits per heavy atom. The number of rotatable bonds is 11. The maximum atomic E-state index is 13.7. The lowest BCUT2D eigenvalue weighted by atomic mass is 10.1. The standard InChI is InChI=1S/C26H36ClN3O4S/c1-7-20(5)28-26(32)23(8-2)29(16-21-11-9-10-12-22(21)27)25(31)17-30(35(6,33)34)24-14-13-18(3)15-19(24)4/h9-15,20,23H,7-8,16-17H2,1-6H3,(H,28,32)/t20-,23-/m1/s1. The quantitative estimate of drug-likeness (QED) is 0.473. The maximum absolute atomic E-state index is 13.7. The van der Waals surface area contributed by atoms with Crippen molar-refractivity contribution in [3.8, 4) is 0 Å². The van der Waals surface area contributed by atoms with Crippen molar-refractivity contribution in [3.05, 3.63) is 64.2 Å². The summed E-state index contributed by atoms with van der Waals surface area (Å²) in [7, 11) is -3.78. The lowest BCUT2D eigenvalue weighted by Gasteiger charge is -2.34. The molecule has 2 aromatic rings. The summed E-state index contributed by atoms with van der Waals surface area (Å²) in [4.78, 5) is 28.3. The number of nitrogens with one attached hydrogen (secondary N) is 1. The van der Waals surface area contributed by atoms with Gasteiger partial charge >= 0.3 is 0 Å². The molecule has 9 heteroatoms. The first kappa shape index (κ1) is 28.7. The zero-order valence-electron chi connectivity index (χ0n) is 21.3. The van der Waals surface area contributed by atoms with Gasteiger partial charge in [-0.3, -0.25) is 13.9 Å². The van der Waals surface area contributed by atoms with Crippen LogP contribution in [0.1, 0.15) is 50.3 Å². The molecule has 35 heavy (non-hydrogen) atoms. The minimum absolute atomic E-state index is 0.0588. The number of aryl methyl sites for hydroxylation is 2. The van der Waals surface area contributed by atoms with Gasteiger partial charge in [0, 0.05) is 17.6 Å². The number of carbonyl (C=O) groups is 2. The highest BCUT2D eigenvalue weighted by Gasteiger charge is 2.32. The molecule has 2 atom stereocenters. The first-order valence-electron chi connectivity index (χ1n) is 11.8. The fourth-order valence-corrected chi connectivity index (χ4v) is 4.95. The SMILES string of the molecule is CC[C@@H](C)NC(=O)[C@@H](CC)N(Cc1ccccc1Cl)C(=O)CN(c1ccc(C)cc1C)S(C)(=O)=O. The second-order valence-electron chi connectivity index (χ2n) is 8.91. The Labute approximate surface area is 214 Å². The summed E-state index contributed by atoms with van der Waals surface area (Å²) in [6.45, 7) is 9.06. The van der Waals surface area contributed by atoms with Gasteiger partial charge in [-0.25, -0.2) is 8.42 Å². The molecule has 0 radical (unpaired) electrons. The van der Waals surface area contributed by atoms with E-state index in [2.05, 4.69) is 5.32 Å². The summed E-state index contributed by atoms with van der Waals surface area (Å²) in [5.41, 5.74) is 2.83. The zero-order valence-corrected chi connectivity index (χ0v) is 22.9. The minimum atomic E-state index is -3.78. The molecule has 0 heterocycles. The molecule has 2 aromatic carbocycles. The molecule has 0 unspecified atom stereocenters. The molecule has 192 valence electrons. The Morgan fingerprint density at radius 1 is 1.06 bits per heavy atom. The van der Waals surface area contributed by atoms with Gasteiger partial charge in [0.2, 0.25) is 21.8 Å². The summed E-state index contributed by atoms with van der Waals surface area (Å²) in [5.74, 6) is -0.763. The number of nitrogens with zero attached hydrogens (tertiary/aromatic N) is 2. The van der Waals surface area contributed by atoms with Crippen molar-refractivity contribution in [2.24, 2.45) is 0 Å². The Morgan fingerprint density at radius 3 is 2.26 bits per heavy atom. The molecule has 0 bridgehead atoms. The number of anilines is 1. The van der Waals surface area contributed by atoms with Gasteiger partial charge in [-0.15, -0.1) is 0 Å². The van der Waals surface area contributed by atoms with E-state index in [0.29, 0.717) is 22.7 Å². The van der Waals surface area contributed by atoms with Gasteiger partial charge in [0.15, 0.2) is 0 Å². The fraction of sp³-hybridized carbons (Fsp3) is 0.462. The van der Waals surface area contributed by atoms with Crippen LogP contribution in [-0.4, -0.2) is 50.0 Å². The number of hydrogen-bond acceptors (Lipinski definition) is 4. The third kappa shape index (κ3) is 7.70. The van der Waals surface area contributed by atoms with E-state index in [9.17, 15) is 18.0 Å². The molecular formula is C26H36ClN3O4S. The van der Waals surface area contributed by atoms with E-state index in [4.69, 9.17) is 11.6 Å². The predicted molar refractivity (Wildman–Crippen MR) is 142 cm³/mol. The number of amides is 2. The van der Waals surface area contributed by atoms with Crippen LogP contribution in [0.3, 0.4) is 0 Å².